The zero-order valence-electron chi connectivity index (χ0n) is 29.5. The second-order valence-electron chi connectivity index (χ2n) is 15.1. The molecule has 0 aromatic heterocycles. The maximum absolute atomic E-state index is 16.2. The van der Waals surface area contributed by atoms with E-state index in [4.69, 9.17) is 9.47 Å². The van der Waals surface area contributed by atoms with Crippen molar-refractivity contribution >= 4 is 5.91 Å². The van der Waals surface area contributed by atoms with Crippen LogP contribution >= 0.6 is 0 Å². The summed E-state index contributed by atoms with van der Waals surface area (Å²) in [5, 5.41) is 21.3. The summed E-state index contributed by atoms with van der Waals surface area (Å²) in [5.74, 6) is 2.26. The standard InChI is InChI=1S/C42H54FNO5/c1-42-27-35(43)41-33-17-16-32(45)26-31(33)25-30(40(41)34(42)18-20-38(42)46)14-8-5-9-21-44(22-10-13-28-11-6-4-7-12-28)39(47)24-29-15-19-36(48-2)37(23-29)49-3/h4,6-7,11-12,15-17,19,23,26,30,34-35,38,40-41,45-46H,5,8-10,13-14,18,20-22,24-25,27H2,1-3H3/t30-,34+,35+,38+,40+,41+,42+/m1/s1. The molecule has 3 aromatic rings. The molecule has 6 nitrogen and oxygen atoms in total. The summed E-state index contributed by atoms with van der Waals surface area (Å²) in [6, 6.07) is 21.6. The first-order valence-electron chi connectivity index (χ1n) is 18.4. The van der Waals surface area contributed by atoms with Crippen molar-refractivity contribution in [3.05, 3.63) is 89.0 Å². The van der Waals surface area contributed by atoms with Crippen molar-refractivity contribution in [3.63, 3.8) is 0 Å². The maximum Gasteiger partial charge on any atom is 0.226 e. The minimum atomic E-state index is -0.994. The van der Waals surface area contributed by atoms with Crippen LogP contribution in [0.3, 0.4) is 0 Å². The zero-order valence-corrected chi connectivity index (χ0v) is 29.5. The lowest BCUT2D eigenvalue weighted by atomic mass is 9.51. The van der Waals surface area contributed by atoms with E-state index in [-0.39, 0.29) is 28.9 Å². The van der Waals surface area contributed by atoms with E-state index < -0.39 is 12.3 Å². The van der Waals surface area contributed by atoms with Gasteiger partial charge in [0.05, 0.1) is 26.7 Å². The van der Waals surface area contributed by atoms with E-state index >= 15 is 4.39 Å². The smallest absolute Gasteiger partial charge is 0.226 e. The number of alkyl halides is 1. The topological polar surface area (TPSA) is 79.2 Å². The molecule has 0 aliphatic heterocycles. The highest BCUT2D eigenvalue weighted by Gasteiger charge is 2.59. The van der Waals surface area contributed by atoms with Crippen LogP contribution in [0.15, 0.2) is 66.7 Å². The Morgan fingerprint density at radius 3 is 2.47 bits per heavy atom. The lowest BCUT2D eigenvalue weighted by Crippen LogP contribution is -2.51. The van der Waals surface area contributed by atoms with Crippen LogP contribution in [0.25, 0.3) is 0 Å². The largest absolute Gasteiger partial charge is 0.508 e. The molecule has 0 bridgehead atoms. The number of fused-ring (bicyclic) bond motifs is 5. The van der Waals surface area contributed by atoms with Gasteiger partial charge < -0.3 is 24.6 Å². The quantitative estimate of drug-likeness (QED) is 0.170. The summed E-state index contributed by atoms with van der Waals surface area (Å²) in [7, 11) is 3.21. The fourth-order valence-corrected chi connectivity index (χ4v) is 9.68. The fraction of sp³-hybridized carbons (Fsp3) is 0.548. The number of benzene rings is 3. The van der Waals surface area contributed by atoms with Crippen LogP contribution in [0.2, 0.25) is 0 Å². The van der Waals surface area contributed by atoms with Gasteiger partial charge in [-0.15, -0.1) is 0 Å². The van der Waals surface area contributed by atoms with Gasteiger partial charge in [0.25, 0.3) is 0 Å². The number of carbonyl (C=O) groups excluding carboxylic acids is 1. The number of hydrogen-bond donors (Lipinski definition) is 2. The average molecular weight is 672 g/mol. The van der Waals surface area contributed by atoms with Gasteiger partial charge in [-0.1, -0.05) is 62.2 Å². The Hall–Kier alpha value is -3.58. The summed E-state index contributed by atoms with van der Waals surface area (Å²) >= 11 is 0. The predicted octanol–water partition coefficient (Wildman–Crippen LogP) is 8.07. The molecule has 264 valence electrons. The molecule has 3 aliphatic rings. The zero-order chi connectivity index (χ0) is 34.5. The van der Waals surface area contributed by atoms with Crippen LogP contribution < -0.4 is 9.47 Å². The van der Waals surface area contributed by atoms with Crippen LogP contribution in [-0.4, -0.2) is 60.6 Å². The lowest BCUT2D eigenvalue weighted by Gasteiger charge is -2.54. The van der Waals surface area contributed by atoms with Crippen LogP contribution in [0.4, 0.5) is 4.39 Å². The van der Waals surface area contributed by atoms with Crippen molar-refractivity contribution in [2.45, 2.75) is 95.7 Å². The SMILES string of the molecule is COc1ccc(CC(=O)N(CCCCC[C@@H]2Cc3cc(O)ccc3[C@@H]3[C@@H]2[C@@H]2CC[C@H](O)[C@@]2(C)C[C@@H]3F)CCCc2ccccc2)cc1OC. The third kappa shape index (κ3) is 7.62. The summed E-state index contributed by atoms with van der Waals surface area (Å²) in [4.78, 5) is 15.7. The third-order valence-corrected chi connectivity index (χ3v) is 12.2. The molecular weight excluding hydrogens is 617 g/mol. The van der Waals surface area contributed by atoms with E-state index in [1.807, 2.05) is 41.3 Å². The average Bonchev–Trinajstić information content (AvgIpc) is 3.39. The molecule has 0 unspecified atom stereocenters. The number of halogens is 1. The molecule has 0 heterocycles. The van der Waals surface area contributed by atoms with E-state index in [9.17, 15) is 15.0 Å². The first kappa shape index (κ1) is 35.3. The second kappa shape index (κ2) is 15.5. The highest BCUT2D eigenvalue weighted by Crippen LogP contribution is 2.63. The third-order valence-electron chi connectivity index (χ3n) is 12.2. The Kier molecular flexibility index (Phi) is 11.2. The minimum Gasteiger partial charge on any atom is -0.508 e. The number of aliphatic hydroxyl groups is 1. The van der Waals surface area contributed by atoms with Crippen molar-refractivity contribution in [2.24, 2.45) is 23.2 Å². The molecular formula is C42H54FNO5. The number of aromatic hydroxyl groups is 1. The highest BCUT2D eigenvalue weighted by molar-refractivity contribution is 5.79. The summed E-state index contributed by atoms with van der Waals surface area (Å²) in [6.07, 6.45) is 7.54. The van der Waals surface area contributed by atoms with Crippen LogP contribution in [-0.2, 0) is 24.1 Å². The summed E-state index contributed by atoms with van der Waals surface area (Å²) in [6.45, 7) is 3.52. The molecule has 3 aliphatic carbocycles. The van der Waals surface area contributed by atoms with Gasteiger partial charge in [0.2, 0.25) is 5.91 Å². The molecule has 6 rings (SSSR count). The Bertz CT molecular complexity index is 1560. The summed E-state index contributed by atoms with van der Waals surface area (Å²) < 4.78 is 27.0. The number of rotatable bonds is 14. The molecule has 0 radical (unpaired) electrons. The number of aryl methyl sites for hydroxylation is 1. The molecule has 2 fully saturated rings. The van der Waals surface area contributed by atoms with Crippen molar-refractivity contribution in [1.29, 1.82) is 0 Å². The molecule has 2 N–H and O–H groups in total. The number of phenolic OH excluding ortho intramolecular Hbond substituents is 1. The molecule has 1 amide bonds. The van der Waals surface area contributed by atoms with Crippen LogP contribution in [0.5, 0.6) is 17.2 Å². The minimum absolute atomic E-state index is 0.113. The van der Waals surface area contributed by atoms with Gasteiger partial charge in [-0.05, 0) is 121 Å². The Balaban J connectivity index is 1.10. The first-order chi connectivity index (χ1) is 23.7. The number of unbranched alkanes of at least 4 members (excludes halogenated alkanes) is 2. The lowest BCUT2D eigenvalue weighted by molar-refractivity contribution is -0.130. The molecule has 2 saturated carbocycles. The van der Waals surface area contributed by atoms with Gasteiger partial charge >= 0.3 is 0 Å². The van der Waals surface area contributed by atoms with Gasteiger partial charge in [-0.2, -0.15) is 0 Å². The van der Waals surface area contributed by atoms with Gasteiger partial charge in [0.15, 0.2) is 11.5 Å². The summed E-state index contributed by atoms with van der Waals surface area (Å²) in [5.41, 5.74) is 3.95. The number of nitrogens with zero attached hydrogens (tertiary/aromatic N) is 1. The van der Waals surface area contributed by atoms with Crippen LogP contribution in [0.1, 0.15) is 86.5 Å². The molecule has 7 atom stereocenters. The first-order valence-corrected chi connectivity index (χ1v) is 18.4. The van der Waals surface area contributed by atoms with Gasteiger partial charge in [-0.25, -0.2) is 4.39 Å². The number of amides is 1. The number of carbonyl (C=O) groups is 1. The van der Waals surface area contributed by atoms with E-state index in [2.05, 4.69) is 31.2 Å². The fourth-order valence-electron chi connectivity index (χ4n) is 9.68. The van der Waals surface area contributed by atoms with Crippen molar-refractivity contribution < 1.29 is 28.9 Å². The number of methoxy groups -OCH3 is 2. The Morgan fingerprint density at radius 1 is 0.918 bits per heavy atom. The number of ether oxygens (including phenoxy) is 2. The van der Waals surface area contributed by atoms with E-state index in [0.717, 1.165) is 74.5 Å². The monoisotopic (exact) mass is 671 g/mol. The van der Waals surface area contributed by atoms with E-state index in [1.165, 1.54) is 5.56 Å². The molecule has 49 heavy (non-hydrogen) atoms. The van der Waals surface area contributed by atoms with Gasteiger partial charge in [0.1, 0.15) is 11.9 Å². The van der Waals surface area contributed by atoms with Gasteiger partial charge in [0, 0.05) is 19.0 Å². The Labute approximate surface area is 291 Å². The maximum atomic E-state index is 16.2. The van der Waals surface area contributed by atoms with E-state index in [0.29, 0.717) is 49.3 Å². The highest BCUT2D eigenvalue weighted by atomic mass is 19.1. The molecule has 0 spiro atoms. The molecule has 0 saturated heterocycles. The molecule has 7 heteroatoms. The van der Waals surface area contributed by atoms with Crippen molar-refractivity contribution in [2.75, 3.05) is 27.3 Å². The molecule has 3 aromatic carbocycles. The van der Waals surface area contributed by atoms with Crippen molar-refractivity contribution in [3.8, 4) is 17.2 Å². The number of aliphatic hydroxyl groups excluding tert-OH is 1. The van der Waals surface area contributed by atoms with Crippen LogP contribution in [0, 0.1) is 23.2 Å². The Morgan fingerprint density at radius 2 is 1.69 bits per heavy atom. The normalized spacial score (nSPS) is 27.1. The van der Waals surface area contributed by atoms with E-state index in [1.54, 1.807) is 20.3 Å². The van der Waals surface area contributed by atoms with Gasteiger partial charge in [-0.3, -0.25) is 4.79 Å². The van der Waals surface area contributed by atoms with Crippen molar-refractivity contribution in [1.82, 2.24) is 4.90 Å². The number of phenols is 1. The number of hydrogen-bond acceptors (Lipinski definition) is 5. The predicted molar refractivity (Wildman–Crippen MR) is 191 cm³/mol. The second-order valence-corrected chi connectivity index (χ2v) is 15.1.